The highest BCUT2D eigenvalue weighted by molar-refractivity contribution is 5.94. The molecule has 0 aliphatic carbocycles. The number of methoxy groups -OCH3 is 1. The maximum Gasteiger partial charge on any atom is 0.236 e. The van der Waals surface area contributed by atoms with E-state index in [2.05, 4.69) is 17.0 Å². The van der Waals surface area contributed by atoms with Crippen LogP contribution in [-0.4, -0.2) is 81.0 Å². The first-order chi connectivity index (χ1) is 16.0. The quantitative estimate of drug-likeness (QED) is 0.487. The summed E-state index contributed by atoms with van der Waals surface area (Å²) >= 11 is 0. The Morgan fingerprint density at radius 3 is 2.39 bits per heavy atom. The second kappa shape index (κ2) is 12.5. The van der Waals surface area contributed by atoms with Crippen molar-refractivity contribution in [3.8, 4) is 0 Å². The summed E-state index contributed by atoms with van der Waals surface area (Å²) in [5.74, 6) is -0.456. The lowest BCUT2D eigenvalue weighted by molar-refractivity contribution is -0.132. The summed E-state index contributed by atoms with van der Waals surface area (Å²) in [6, 6.07) is 15.0. The first-order valence-corrected chi connectivity index (χ1v) is 11.6. The van der Waals surface area contributed by atoms with Crippen molar-refractivity contribution in [1.82, 2.24) is 9.80 Å². The number of ether oxygens (including phenoxy) is 1. The molecule has 0 bridgehead atoms. The molecule has 0 saturated carbocycles. The number of anilines is 1. The molecule has 1 fully saturated rings. The molecule has 2 aromatic carbocycles. The van der Waals surface area contributed by atoms with E-state index >= 15 is 0 Å². The number of ketones is 1. The van der Waals surface area contributed by atoms with E-state index in [1.165, 1.54) is 18.6 Å². The molecule has 33 heavy (non-hydrogen) atoms. The van der Waals surface area contributed by atoms with Gasteiger partial charge in [0.15, 0.2) is 5.78 Å². The number of carbonyl (C=O) groups excluding carboxylic acids is 2. The molecular weight excluding hydrogens is 421 g/mol. The van der Waals surface area contributed by atoms with Gasteiger partial charge < -0.3 is 14.5 Å². The SMILES string of the molecule is COCCN(CCCc1ccccc1)CC(=O)N1CCN(c2ccc(C(C)=O)cc2F)CC1. The molecule has 0 spiro atoms. The van der Waals surface area contributed by atoms with Crippen LogP contribution in [0.2, 0.25) is 0 Å². The molecule has 0 unspecified atom stereocenters. The molecule has 3 rings (SSSR count). The van der Waals surface area contributed by atoms with Gasteiger partial charge in [0, 0.05) is 45.4 Å². The minimum Gasteiger partial charge on any atom is -0.383 e. The molecule has 6 nitrogen and oxygen atoms in total. The average molecular weight is 456 g/mol. The first-order valence-electron chi connectivity index (χ1n) is 11.6. The number of Topliss-reactive ketones (excluding diaryl/α,β-unsaturated/α-hetero) is 1. The van der Waals surface area contributed by atoms with Gasteiger partial charge in [0.25, 0.3) is 0 Å². The second-order valence-corrected chi connectivity index (χ2v) is 8.45. The monoisotopic (exact) mass is 455 g/mol. The zero-order valence-corrected chi connectivity index (χ0v) is 19.6. The average Bonchev–Trinajstić information content (AvgIpc) is 2.83. The largest absolute Gasteiger partial charge is 0.383 e. The third-order valence-electron chi connectivity index (χ3n) is 6.08. The third-order valence-corrected chi connectivity index (χ3v) is 6.08. The highest BCUT2D eigenvalue weighted by Gasteiger charge is 2.24. The fourth-order valence-electron chi connectivity index (χ4n) is 4.11. The van der Waals surface area contributed by atoms with Crippen LogP contribution in [0.3, 0.4) is 0 Å². The number of rotatable bonds is 11. The Labute approximate surface area is 195 Å². The van der Waals surface area contributed by atoms with Crippen molar-refractivity contribution in [2.45, 2.75) is 19.8 Å². The van der Waals surface area contributed by atoms with Crippen LogP contribution in [0.4, 0.5) is 10.1 Å². The van der Waals surface area contributed by atoms with E-state index in [4.69, 9.17) is 4.74 Å². The molecule has 178 valence electrons. The highest BCUT2D eigenvalue weighted by atomic mass is 19.1. The van der Waals surface area contributed by atoms with Crippen molar-refractivity contribution in [3.63, 3.8) is 0 Å². The van der Waals surface area contributed by atoms with Gasteiger partial charge >= 0.3 is 0 Å². The number of halogens is 1. The van der Waals surface area contributed by atoms with Crippen LogP contribution in [0.1, 0.15) is 29.3 Å². The van der Waals surface area contributed by atoms with Gasteiger partial charge in [-0.2, -0.15) is 0 Å². The van der Waals surface area contributed by atoms with Gasteiger partial charge in [-0.3, -0.25) is 14.5 Å². The molecule has 0 radical (unpaired) electrons. The summed E-state index contributed by atoms with van der Waals surface area (Å²) in [6.07, 6.45) is 1.95. The predicted octanol–water partition coefficient (Wildman–Crippen LogP) is 3.26. The van der Waals surface area contributed by atoms with Gasteiger partial charge in [-0.1, -0.05) is 30.3 Å². The van der Waals surface area contributed by atoms with Gasteiger partial charge in [0.1, 0.15) is 5.82 Å². The Morgan fingerprint density at radius 1 is 1.03 bits per heavy atom. The Kier molecular flexibility index (Phi) is 9.39. The van der Waals surface area contributed by atoms with Crippen LogP contribution < -0.4 is 4.90 Å². The van der Waals surface area contributed by atoms with Crippen LogP contribution in [0.15, 0.2) is 48.5 Å². The topological polar surface area (TPSA) is 53.1 Å². The number of amides is 1. The van der Waals surface area contributed by atoms with Crippen molar-refractivity contribution < 1.29 is 18.7 Å². The predicted molar refractivity (Wildman–Crippen MR) is 128 cm³/mol. The van der Waals surface area contributed by atoms with E-state index in [1.54, 1.807) is 19.2 Å². The number of benzene rings is 2. The molecule has 1 aliphatic rings. The van der Waals surface area contributed by atoms with E-state index in [0.717, 1.165) is 19.4 Å². The van der Waals surface area contributed by atoms with Crippen LogP contribution in [0.5, 0.6) is 0 Å². The summed E-state index contributed by atoms with van der Waals surface area (Å²) in [7, 11) is 1.67. The number of piperazine rings is 1. The molecule has 7 heteroatoms. The zero-order chi connectivity index (χ0) is 23.6. The summed E-state index contributed by atoms with van der Waals surface area (Å²) < 4.78 is 19.7. The van der Waals surface area contributed by atoms with Gasteiger partial charge in [-0.15, -0.1) is 0 Å². The van der Waals surface area contributed by atoms with Gasteiger partial charge in [-0.25, -0.2) is 4.39 Å². The van der Waals surface area contributed by atoms with Crippen LogP contribution >= 0.6 is 0 Å². The normalized spacial score (nSPS) is 14.1. The van der Waals surface area contributed by atoms with Crippen molar-refractivity contribution >= 4 is 17.4 Å². The molecule has 1 heterocycles. The van der Waals surface area contributed by atoms with E-state index < -0.39 is 5.82 Å². The molecule has 2 aromatic rings. The lowest BCUT2D eigenvalue weighted by atomic mass is 10.1. The molecule has 1 aliphatic heterocycles. The van der Waals surface area contributed by atoms with Crippen molar-refractivity contribution in [3.05, 3.63) is 65.5 Å². The summed E-state index contributed by atoms with van der Waals surface area (Å²) in [6.45, 7) is 6.15. The van der Waals surface area contributed by atoms with Crippen molar-refractivity contribution in [2.24, 2.45) is 0 Å². The van der Waals surface area contributed by atoms with Crippen LogP contribution in [0, 0.1) is 5.82 Å². The first kappa shape index (κ1) is 24.9. The van der Waals surface area contributed by atoms with Gasteiger partial charge in [0.2, 0.25) is 5.91 Å². The van der Waals surface area contributed by atoms with Crippen molar-refractivity contribution in [2.75, 3.05) is 64.4 Å². The maximum atomic E-state index is 14.5. The lowest BCUT2D eigenvalue weighted by Gasteiger charge is -2.37. The van der Waals surface area contributed by atoms with E-state index in [0.29, 0.717) is 57.1 Å². The smallest absolute Gasteiger partial charge is 0.236 e. The lowest BCUT2D eigenvalue weighted by Crippen LogP contribution is -2.51. The molecule has 0 atom stereocenters. The highest BCUT2D eigenvalue weighted by Crippen LogP contribution is 2.22. The Bertz CT molecular complexity index is 914. The summed E-state index contributed by atoms with van der Waals surface area (Å²) in [4.78, 5) is 30.4. The second-order valence-electron chi connectivity index (χ2n) is 8.45. The minimum absolute atomic E-state index is 0.0952. The standard InChI is InChI=1S/C26H34FN3O3/c1-21(31)23-10-11-25(24(27)19-23)29-13-15-30(16-14-29)26(32)20-28(17-18-33-2)12-6-9-22-7-4-3-5-8-22/h3-5,7-8,10-11,19H,6,9,12-18,20H2,1-2H3. The Morgan fingerprint density at radius 2 is 1.76 bits per heavy atom. The Hall–Kier alpha value is -2.77. The fraction of sp³-hybridized carbons (Fsp3) is 0.462. The van der Waals surface area contributed by atoms with E-state index in [-0.39, 0.29) is 11.7 Å². The van der Waals surface area contributed by atoms with Gasteiger partial charge in [0.05, 0.1) is 18.8 Å². The maximum absolute atomic E-state index is 14.5. The fourth-order valence-corrected chi connectivity index (χ4v) is 4.11. The van der Waals surface area contributed by atoms with E-state index in [9.17, 15) is 14.0 Å². The minimum atomic E-state index is -0.397. The van der Waals surface area contributed by atoms with Crippen LogP contribution in [-0.2, 0) is 16.0 Å². The zero-order valence-electron chi connectivity index (χ0n) is 19.6. The van der Waals surface area contributed by atoms with Crippen molar-refractivity contribution in [1.29, 1.82) is 0 Å². The molecule has 0 aromatic heterocycles. The molecule has 1 saturated heterocycles. The molecular formula is C26H34FN3O3. The molecule has 0 N–H and O–H groups in total. The third kappa shape index (κ3) is 7.37. The number of aryl methyl sites for hydroxylation is 1. The number of hydrogen-bond acceptors (Lipinski definition) is 5. The summed E-state index contributed by atoms with van der Waals surface area (Å²) in [5.41, 5.74) is 2.15. The molecule has 1 amide bonds. The summed E-state index contributed by atoms with van der Waals surface area (Å²) in [5, 5.41) is 0. The number of carbonyl (C=O) groups is 2. The number of hydrogen-bond donors (Lipinski definition) is 0. The Balaban J connectivity index is 1.49. The van der Waals surface area contributed by atoms with Crippen LogP contribution in [0.25, 0.3) is 0 Å². The van der Waals surface area contributed by atoms with E-state index in [1.807, 2.05) is 28.0 Å². The van der Waals surface area contributed by atoms with Gasteiger partial charge in [-0.05, 0) is 50.1 Å². The number of nitrogens with zero attached hydrogens (tertiary/aromatic N) is 3.